The summed E-state index contributed by atoms with van der Waals surface area (Å²) in [6.07, 6.45) is 0. The van der Waals surface area contributed by atoms with E-state index in [4.69, 9.17) is 14.2 Å². The van der Waals surface area contributed by atoms with Crippen LogP contribution in [0.2, 0.25) is 0 Å². The predicted molar refractivity (Wildman–Crippen MR) is 130 cm³/mol. The summed E-state index contributed by atoms with van der Waals surface area (Å²) in [4.78, 5) is 38.4. The van der Waals surface area contributed by atoms with Crippen LogP contribution in [0.1, 0.15) is 31.1 Å². The highest BCUT2D eigenvalue weighted by Gasteiger charge is 2.29. The fourth-order valence-electron chi connectivity index (χ4n) is 3.23. The molecular formula is C27H19BO8. The van der Waals surface area contributed by atoms with Crippen LogP contribution in [0.3, 0.4) is 0 Å². The molecule has 0 spiro atoms. The van der Waals surface area contributed by atoms with E-state index in [2.05, 4.69) is 0 Å². The molecule has 0 aliphatic heterocycles. The number of carbonyl (C=O) groups excluding carboxylic acids is 3. The molecule has 178 valence electrons. The highest BCUT2D eigenvalue weighted by Crippen LogP contribution is 2.38. The molecule has 9 heteroatoms. The van der Waals surface area contributed by atoms with E-state index in [0.29, 0.717) is 0 Å². The van der Waals surface area contributed by atoms with Crippen LogP contribution in [0, 0.1) is 0 Å². The van der Waals surface area contributed by atoms with Gasteiger partial charge in [-0.3, -0.25) is 0 Å². The van der Waals surface area contributed by atoms with Gasteiger partial charge in [0.2, 0.25) is 5.75 Å². The molecular weight excluding hydrogens is 463 g/mol. The Morgan fingerprint density at radius 2 is 0.889 bits per heavy atom. The first-order valence-corrected chi connectivity index (χ1v) is 10.8. The van der Waals surface area contributed by atoms with Crippen molar-refractivity contribution in [2.75, 3.05) is 0 Å². The Balaban J connectivity index is 1.79. The number of ether oxygens (including phenoxy) is 3. The summed E-state index contributed by atoms with van der Waals surface area (Å²) in [6, 6.07) is 26.3. The molecule has 0 bridgehead atoms. The summed E-state index contributed by atoms with van der Waals surface area (Å²) in [5.41, 5.74) is 0.248. The Labute approximate surface area is 206 Å². The second-order valence-electron chi connectivity index (χ2n) is 7.45. The SMILES string of the molecule is O=C(Oc1ccc(B(O)O)c(OC(=O)c2ccccc2)c1OC(=O)c1ccccc1)c1ccccc1. The Bertz CT molecular complexity index is 1370. The summed E-state index contributed by atoms with van der Waals surface area (Å²) in [5, 5.41) is 19.9. The van der Waals surface area contributed by atoms with Gasteiger partial charge in [-0.15, -0.1) is 0 Å². The third kappa shape index (κ3) is 5.67. The third-order valence-electron chi connectivity index (χ3n) is 5.01. The maximum absolute atomic E-state index is 12.9. The van der Waals surface area contributed by atoms with E-state index in [9.17, 15) is 24.4 Å². The van der Waals surface area contributed by atoms with Crippen molar-refractivity contribution in [3.63, 3.8) is 0 Å². The molecule has 0 saturated heterocycles. The van der Waals surface area contributed by atoms with Crippen LogP contribution in [0.15, 0.2) is 103 Å². The monoisotopic (exact) mass is 482 g/mol. The van der Waals surface area contributed by atoms with Gasteiger partial charge in [-0.05, 0) is 42.5 Å². The van der Waals surface area contributed by atoms with E-state index in [0.717, 1.165) is 0 Å². The van der Waals surface area contributed by atoms with Crippen LogP contribution in [-0.4, -0.2) is 35.1 Å². The highest BCUT2D eigenvalue weighted by molar-refractivity contribution is 6.60. The maximum Gasteiger partial charge on any atom is 0.492 e. The van der Waals surface area contributed by atoms with Gasteiger partial charge in [-0.2, -0.15) is 0 Å². The number of benzene rings is 4. The minimum absolute atomic E-state index is 0.155. The zero-order valence-electron chi connectivity index (χ0n) is 18.7. The number of hydrogen-bond acceptors (Lipinski definition) is 8. The summed E-state index contributed by atoms with van der Waals surface area (Å²) in [5.74, 6) is -3.71. The summed E-state index contributed by atoms with van der Waals surface area (Å²) in [7, 11) is -2.10. The molecule has 2 N–H and O–H groups in total. The maximum atomic E-state index is 12.9. The quantitative estimate of drug-likeness (QED) is 0.235. The average Bonchev–Trinajstić information content (AvgIpc) is 2.91. The number of rotatable bonds is 7. The molecule has 4 aromatic carbocycles. The molecule has 0 aliphatic carbocycles. The molecule has 0 saturated carbocycles. The molecule has 0 aromatic heterocycles. The Kier molecular flexibility index (Phi) is 7.55. The van der Waals surface area contributed by atoms with Gasteiger partial charge in [0.1, 0.15) is 0 Å². The molecule has 8 nitrogen and oxygen atoms in total. The first-order valence-electron chi connectivity index (χ1n) is 10.8. The number of carbonyl (C=O) groups is 3. The first kappa shape index (κ1) is 24.4. The van der Waals surface area contributed by atoms with Gasteiger partial charge in [-0.25, -0.2) is 14.4 Å². The minimum Gasteiger partial charge on any atom is -0.423 e. The van der Waals surface area contributed by atoms with Crippen molar-refractivity contribution in [3.8, 4) is 17.2 Å². The van der Waals surface area contributed by atoms with E-state index < -0.39 is 36.5 Å². The molecule has 0 aliphatic rings. The van der Waals surface area contributed by atoms with Gasteiger partial charge in [0.05, 0.1) is 16.7 Å². The third-order valence-corrected chi connectivity index (χ3v) is 5.01. The van der Waals surface area contributed by atoms with Crippen LogP contribution in [0.4, 0.5) is 0 Å². The Morgan fingerprint density at radius 3 is 1.31 bits per heavy atom. The van der Waals surface area contributed by atoms with E-state index >= 15 is 0 Å². The fourth-order valence-corrected chi connectivity index (χ4v) is 3.23. The van der Waals surface area contributed by atoms with Crippen molar-refractivity contribution < 1.29 is 38.6 Å². The Hall–Kier alpha value is -4.73. The molecule has 4 rings (SSSR count). The van der Waals surface area contributed by atoms with Gasteiger partial charge < -0.3 is 24.3 Å². The minimum atomic E-state index is -2.10. The smallest absolute Gasteiger partial charge is 0.423 e. The van der Waals surface area contributed by atoms with E-state index in [1.165, 1.54) is 48.5 Å². The van der Waals surface area contributed by atoms with E-state index in [-0.39, 0.29) is 27.9 Å². The van der Waals surface area contributed by atoms with Gasteiger partial charge in [0, 0.05) is 5.46 Å². The molecule has 0 amide bonds. The summed E-state index contributed by atoms with van der Waals surface area (Å²) < 4.78 is 16.4. The van der Waals surface area contributed by atoms with Crippen molar-refractivity contribution in [2.45, 2.75) is 0 Å². The summed E-state index contributed by atoms with van der Waals surface area (Å²) in [6.45, 7) is 0. The molecule has 0 heterocycles. The molecule has 0 fully saturated rings. The predicted octanol–water partition coefficient (Wildman–Crippen LogP) is 3.02. The lowest BCUT2D eigenvalue weighted by atomic mass is 9.79. The first-order chi connectivity index (χ1) is 17.4. The largest absolute Gasteiger partial charge is 0.492 e. The van der Waals surface area contributed by atoms with Gasteiger partial charge >= 0.3 is 25.0 Å². The molecule has 0 radical (unpaired) electrons. The lowest BCUT2D eigenvalue weighted by Gasteiger charge is -2.18. The van der Waals surface area contributed by atoms with E-state index in [1.54, 1.807) is 54.6 Å². The van der Waals surface area contributed by atoms with Crippen molar-refractivity contribution >= 4 is 30.5 Å². The average molecular weight is 482 g/mol. The number of esters is 3. The topological polar surface area (TPSA) is 119 Å². The molecule has 0 atom stereocenters. The molecule has 4 aromatic rings. The standard InChI is InChI=1S/C27H19BO8/c29-25(18-10-4-1-5-11-18)34-22-17-16-21(28(32)33)23(35-26(30)19-12-6-2-7-13-19)24(22)36-27(31)20-14-8-3-9-15-20/h1-17,32-33H. The second-order valence-corrected chi connectivity index (χ2v) is 7.45. The van der Waals surface area contributed by atoms with Crippen LogP contribution in [0.5, 0.6) is 17.2 Å². The fraction of sp³-hybridized carbons (Fsp3) is 0. The summed E-state index contributed by atoms with van der Waals surface area (Å²) >= 11 is 0. The van der Waals surface area contributed by atoms with Crippen LogP contribution >= 0.6 is 0 Å². The van der Waals surface area contributed by atoms with Crippen molar-refractivity contribution in [1.82, 2.24) is 0 Å². The molecule has 0 unspecified atom stereocenters. The van der Waals surface area contributed by atoms with Crippen molar-refractivity contribution in [1.29, 1.82) is 0 Å². The van der Waals surface area contributed by atoms with Crippen LogP contribution in [0.25, 0.3) is 0 Å². The zero-order valence-corrected chi connectivity index (χ0v) is 18.7. The van der Waals surface area contributed by atoms with Gasteiger partial charge in [-0.1, -0.05) is 60.7 Å². The Morgan fingerprint density at radius 1 is 0.500 bits per heavy atom. The lowest BCUT2D eigenvalue weighted by molar-refractivity contribution is 0.0658. The van der Waals surface area contributed by atoms with Crippen molar-refractivity contribution in [3.05, 3.63) is 120 Å². The lowest BCUT2D eigenvalue weighted by Crippen LogP contribution is -2.33. The van der Waals surface area contributed by atoms with Crippen molar-refractivity contribution in [2.24, 2.45) is 0 Å². The zero-order chi connectivity index (χ0) is 25.5. The number of hydrogen-bond donors (Lipinski definition) is 2. The van der Waals surface area contributed by atoms with E-state index in [1.807, 2.05) is 0 Å². The van der Waals surface area contributed by atoms with Gasteiger partial charge in [0.25, 0.3) is 0 Å². The second kappa shape index (κ2) is 11.1. The molecule has 36 heavy (non-hydrogen) atoms. The normalized spacial score (nSPS) is 10.3. The van der Waals surface area contributed by atoms with Gasteiger partial charge in [0.15, 0.2) is 11.5 Å². The van der Waals surface area contributed by atoms with Crippen LogP contribution < -0.4 is 19.7 Å². The highest BCUT2D eigenvalue weighted by atomic mass is 16.6. The van der Waals surface area contributed by atoms with Crippen LogP contribution in [-0.2, 0) is 0 Å².